The maximum atomic E-state index is 12.7. The number of benzene rings is 3. The van der Waals surface area contributed by atoms with E-state index in [0.717, 1.165) is 50.0 Å². The molecule has 32 heavy (non-hydrogen) atoms. The standard InChI is InChI=1S/C27H24ClNO3/c1-16-7-5-6-8-24(16)29-25(30)13-17(2)21-14-22-23(19-9-11-20(28)12-10-19)15-32-27(22)18(3)26(21)31-4/h5-15H,1-4H3,(H,29,30)/b17-13+. The molecule has 1 aromatic heterocycles. The van der Waals surface area contributed by atoms with Crippen molar-refractivity contribution in [2.75, 3.05) is 12.4 Å². The number of rotatable bonds is 5. The summed E-state index contributed by atoms with van der Waals surface area (Å²) in [5.41, 5.74) is 7.03. The first kappa shape index (κ1) is 21.7. The summed E-state index contributed by atoms with van der Waals surface area (Å²) in [4.78, 5) is 12.7. The van der Waals surface area contributed by atoms with Crippen molar-refractivity contribution in [2.24, 2.45) is 0 Å². The van der Waals surface area contributed by atoms with Gasteiger partial charge in [-0.1, -0.05) is 41.9 Å². The number of hydrogen-bond donors (Lipinski definition) is 1. The lowest BCUT2D eigenvalue weighted by Crippen LogP contribution is -2.09. The van der Waals surface area contributed by atoms with E-state index in [9.17, 15) is 4.79 Å². The Morgan fingerprint density at radius 2 is 1.81 bits per heavy atom. The number of hydrogen-bond acceptors (Lipinski definition) is 3. The summed E-state index contributed by atoms with van der Waals surface area (Å²) < 4.78 is 11.6. The van der Waals surface area contributed by atoms with Gasteiger partial charge < -0.3 is 14.5 Å². The van der Waals surface area contributed by atoms with Gasteiger partial charge in [0.25, 0.3) is 0 Å². The van der Waals surface area contributed by atoms with Crippen molar-refractivity contribution in [3.05, 3.63) is 88.6 Å². The molecular formula is C27H24ClNO3. The number of aryl methyl sites for hydroxylation is 2. The number of nitrogens with one attached hydrogen (secondary N) is 1. The molecule has 4 aromatic rings. The average molecular weight is 446 g/mol. The molecule has 0 spiro atoms. The fourth-order valence-corrected chi connectivity index (χ4v) is 4.01. The molecule has 4 rings (SSSR count). The Bertz CT molecular complexity index is 1330. The van der Waals surface area contributed by atoms with Gasteiger partial charge in [0.1, 0.15) is 11.3 Å². The third-order valence-corrected chi connectivity index (χ3v) is 5.83. The van der Waals surface area contributed by atoms with Crippen molar-refractivity contribution in [3.63, 3.8) is 0 Å². The number of ether oxygens (including phenoxy) is 1. The second-order valence-electron chi connectivity index (χ2n) is 7.75. The minimum atomic E-state index is -0.193. The van der Waals surface area contributed by atoms with Crippen molar-refractivity contribution >= 4 is 39.7 Å². The van der Waals surface area contributed by atoms with Crippen molar-refractivity contribution in [1.82, 2.24) is 0 Å². The van der Waals surface area contributed by atoms with Crippen LogP contribution in [0.3, 0.4) is 0 Å². The van der Waals surface area contributed by atoms with Crippen LogP contribution < -0.4 is 10.1 Å². The topological polar surface area (TPSA) is 51.5 Å². The van der Waals surface area contributed by atoms with E-state index in [1.165, 1.54) is 0 Å². The molecule has 1 heterocycles. The number of fused-ring (bicyclic) bond motifs is 1. The van der Waals surface area contributed by atoms with Gasteiger partial charge in [0.05, 0.1) is 13.4 Å². The molecule has 0 fully saturated rings. The highest BCUT2D eigenvalue weighted by Gasteiger charge is 2.19. The fourth-order valence-electron chi connectivity index (χ4n) is 3.88. The van der Waals surface area contributed by atoms with Gasteiger partial charge in [-0.05, 0) is 61.7 Å². The number of allylic oxidation sites excluding steroid dienone is 1. The van der Waals surface area contributed by atoms with Crippen LogP contribution in [0.1, 0.15) is 23.6 Å². The molecule has 0 radical (unpaired) electrons. The monoisotopic (exact) mass is 445 g/mol. The molecule has 4 nitrogen and oxygen atoms in total. The number of amides is 1. The molecule has 3 aromatic carbocycles. The lowest BCUT2D eigenvalue weighted by molar-refractivity contribution is -0.111. The lowest BCUT2D eigenvalue weighted by atomic mass is 9.96. The van der Waals surface area contributed by atoms with Gasteiger partial charge in [-0.15, -0.1) is 0 Å². The van der Waals surface area contributed by atoms with Crippen LogP contribution in [0.4, 0.5) is 5.69 Å². The Labute approximate surface area is 192 Å². The molecule has 0 unspecified atom stereocenters. The van der Waals surface area contributed by atoms with Gasteiger partial charge >= 0.3 is 0 Å². The Morgan fingerprint density at radius 1 is 1.09 bits per heavy atom. The van der Waals surface area contributed by atoms with Crippen LogP contribution in [-0.2, 0) is 4.79 Å². The normalized spacial score (nSPS) is 11.6. The lowest BCUT2D eigenvalue weighted by Gasteiger charge is -2.13. The predicted molar refractivity (Wildman–Crippen MR) is 131 cm³/mol. The molecule has 5 heteroatoms. The van der Waals surface area contributed by atoms with Crippen molar-refractivity contribution in [3.8, 4) is 16.9 Å². The molecule has 0 saturated heterocycles. The molecule has 1 amide bonds. The molecule has 0 aliphatic carbocycles. The van der Waals surface area contributed by atoms with E-state index < -0.39 is 0 Å². The summed E-state index contributed by atoms with van der Waals surface area (Å²) in [6, 6.07) is 17.3. The predicted octanol–water partition coefficient (Wildman–Crippen LogP) is 7.42. The summed E-state index contributed by atoms with van der Waals surface area (Å²) in [6.45, 7) is 5.83. The summed E-state index contributed by atoms with van der Waals surface area (Å²) in [6.07, 6.45) is 3.34. The number of methoxy groups -OCH3 is 1. The second-order valence-corrected chi connectivity index (χ2v) is 8.18. The van der Waals surface area contributed by atoms with Crippen LogP contribution in [0.15, 0.2) is 71.4 Å². The van der Waals surface area contributed by atoms with Crippen LogP contribution in [0, 0.1) is 13.8 Å². The maximum Gasteiger partial charge on any atom is 0.248 e. The Balaban J connectivity index is 1.77. The molecule has 162 valence electrons. The smallest absolute Gasteiger partial charge is 0.248 e. The van der Waals surface area contributed by atoms with Gasteiger partial charge in [-0.25, -0.2) is 0 Å². The fraction of sp³-hybridized carbons (Fsp3) is 0.148. The maximum absolute atomic E-state index is 12.7. The number of halogens is 1. The van der Waals surface area contributed by atoms with Crippen molar-refractivity contribution in [1.29, 1.82) is 0 Å². The molecular weight excluding hydrogens is 422 g/mol. The van der Waals surface area contributed by atoms with Gasteiger partial charge in [0.15, 0.2) is 0 Å². The van der Waals surface area contributed by atoms with Gasteiger partial charge in [0.2, 0.25) is 5.91 Å². The van der Waals surface area contributed by atoms with E-state index in [4.69, 9.17) is 20.8 Å². The number of para-hydroxylation sites is 1. The van der Waals surface area contributed by atoms with Crippen LogP contribution in [-0.4, -0.2) is 13.0 Å². The Hall–Kier alpha value is -3.50. The van der Waals surface area contributed by atoms with Gasteiger partial charge in [-0.3, -0.25) is 4.79 Å². The van der Waals surface area contributed by atoms with Crippen LogP contribution >= 0.6 is 11.6 Å². The highest BCUT2D eigenvalue weighted by molar-refractivity contribution is 6.30. The van der Waals surface area contributed by atoms with E-state index in [1.807, 2.05) is 75.4 Å². The minimum Gasteiger partial charge on any atom is -0.496 e. The van der Waals surface area contributed by atoms with Crippen LogP contribution in [0.25, 0.3) is 27.7 Å². The highest BCUT2D eigenvalue weighted by Crippen LogP contribution is 2.40. The summed E-state index contributed by atoms with van der Waals surface area (Å²) in [7, 11) is 1.63. The number of furan rings is 1. The molecule has 1 N–H and O–H groups in total. The zero-order valence-electron chi connectivity index (χ0n) is 18.5. The second kappa shape index (κ2) is 8.93. The molecule has 0 aliphatic rings. The van der Waals surface area contributed by atoms with E-state index in [2.05, 4.69) is 5.32 Å². The zero-order chi connectivity index (χ0) is 22.8. The molecule has 0 aliphatic heterocycles. The Morgan fingerprint density at radius 3 is 2.50 bits per heavy atom. The summed E-state index contributed by atoms with van der Waals surface area (Å²) >= 11 is 6.05. The first-order valence-corrected chi connectivity index (χ1v) is 10.7. The van der Waals surface area contributed by atoms with Crippen molar-refractivity contribution in [2.45, 2.75) is 20.8 Å². The molecule has 0 bridgehead atoms. The SMILES string of the molecule is COc1c(/C(C)=C/C(=O)Nc2ccccc2C)cc2c(-c3ccc(Cl)cc3)coc2c1C. The van der Waals surface area contributed by atoms with E-state index in [-0.39, 0.29) is 5.91 Å². The molecule has 0 saturated carbocycles. The first-order chi connectivity index (χ1) is 15.4. The van der Waals surface area contributed by atoms with E-state index in [1.54, 1.807) is 19.4 Å². The van der Waals surface area contributed by atoms with Crippen LogP contribution in [0.2, 0.25) is 5.02 Å². The van der Waals surface area contributed by atoms with Gasteiger partial charge in [0, 0.05) is 38.9 Å². The Kier molecular flexibility index (Phi) is 6.06. The molecule has 0 atom stereocenters. The minimum absolute atomic E-state index is 0.193. The van der Waals surface area contributed by atoms with Crippen LogP contribution in [0.5, 0.6) is 5.75 Å². The zero-order valence-corrected chi connectivity index (χ0v) is 19.2. The van der Waals surface area contributed by atoms with E-state index in [0.29, 0.717) is 10.8 Å². The summed E-state index contributed by atoms with van der Waals surface area (Å²) in [5, 5.41) is 4.58. The number of carbonyl (C=O) groups is 1. The van der Waals surface area contributed by atoms with Crippen molar-refractivity contribution < 1.29 is 13.9 Å². The summed E-state index contributed by atoms with van der Waals surface area (Å²) in [5.74, 6) is 0.494. The quantitative estimate of drug-likeness (QED) is 0.325. The number of carbonyl (C=O) groups excluding carboxylic acids is 1. The largest absolute Gasteiger partial charge is 0.496 e. The third kappa shape index (κ3) is 4.14. The third-order valence-electron chi connectivity index (χ3n) is 5.58. The van der Waals surface area contributed by atoms with E-state index >= 15 is 0 Å². The highest BCUT2D eigenvalue weighted by atomic mass is 35.5. The van der Waals surface area contributed by atoms with Gasteiger partial charge in [-0.2, -0.15) is 0 Å². The first-order valence-electron chi connectivity index (χ1n) is 10.3. The average Bonchev–Trinajstić information content (AvgIpc) is 3.20. The number of anilines is 1.